The second kappa shape index (κ2) is 4.72. The molecule has 17 heavy (non-hydrogen) atoms. The first-order valence-electron chi connectivity index (χ1n) is 4.75. The lowest BCUT2D eigenvalue weighted by atomic mass is 9.85. The number of benzene rings is 1. The molecule has 3 nitrogen and oxygen atoms in total. The number of nitrogens with two attached hydrogens (primary N) is 1. The summed E-state index contributed by atoms with van der Waals surface area (Å²) in [5.41, 5.74) is 6.03. The van der Waals surface area contributed by atoms with Crippen molar-refractivity contribution in [3.8, 4) is 5.75 Å². The van der Waals surface area contributed by atoms with E-state index in [0.29, 0.717) is 18.7 Å². The predicted molar refractivity (Wildman–Crippen MR) is 59.1 cm³/mol. The summed E-state index contributed by atoms with van der Waals surface area (Å²) in [6.45, 7) is 1.12. The molecule has 1 fully saturated rings. The van der Waals surface area contributed by atoms with Crippen molar-refractivity contribution in [2.24, 2.45) is 5.73 Å². The van der Waals surface area contributed by atoms with Crippen LogP contribution in [0.5, 0.6) is 5.75 Å². The van der Waals surface area contributed by atoms with Crippen LogP contribution in [0.2, 0.25) is 0 Å². The number of ether oxygens (including phenoxy) is 1. The smallest absolute Gasteiger partial charge is 0.406 e. The van der Waals surface area contributed by atoms with Crippen LogP contribution in [0.25, 0.3) is 0 Å². The molecule has 0 amide bonds. The van der Waals surface area contributed by atoms with E-state index in [4.69, 9.17) is 5.73 Å². The lowest BCUT2D eigenvalue weighted by Crippen LogP contribution is -2.62. The molecule has 96 valence electrons. The second-order valence-corrected chi connectivity index (χ2v) is 3.84. The third kappa shape index (κ3) is 3.24. The fourth-order valence-corrected chi connectivity index (χ4v) is 1.60. The van der Waals surface area contributed by atoms with E-state index in [1.54, 1.807) is 6.07 Å². The Bertz CT molecular complexity index is 393. The standard InChI is InChI=1S/C10H11F3N2O.ClH/c11-10(12,13)16-8-3-1-2-7(4-8)9(14)5-15-6-9;/h1-4,15H,5-6,14H2;1H. The molecule has 0 saturated carbocycles. The number of halogens is 4. The molecule has 0 unspecified atom stereocenters. The lowest BCUT2D eigenvalue weighted by Gasteiger charge is -2.39. The van der Waals surface area contributed by atoms with Crippen molar-refractivity contribution in [1.82, 2.24) is 5.32 Å². The fraction of sp³-hybridized carbons (Fsp3) is 0.400. The maximum Gasteiger partial charge on any atom is 0.573 e. The van der Waals surface area contributed by atoms with Crippen LogP contribution in [0.4, 0.5) is 13.2 Å². The molecule has 1 heterocycles. The van der Waals surface area contributed by atoms with Gasteiger partial charge >= 0.3 is 6.36 Å². The molecule has 1 aliphatic heterocycles. The monoisotopic (exact) mass is 268 g/mol. The topological polar surface area (TPSA) is 47.3 Å². The Morgan fingerprint density at radius 3 is 2.41 bits per heavy atom. The lowest BCUT2D eigenvalue weighted by molar-refractivity contribution is -0.274. The van der Waals surface area contributed by atoms with Gasteiger partial charge in [0.2, 0.25) is 0 Å². The quantitative estimate of drug-likeness (QED) is 0.859. The van der Waals surface area contributed by atoms with Gasteiger partial charge in [-0.2, -0.15) is 0 Å². The van der Waals surface area contributed by atoms with Crippen molar-refractivity contribution in [1.29, 1.82) is 0 Å². The van der Waals surface area contributed by atoms with Crippen LogP contribution < -0.4 is 15.8 Å². The Hall–Kier alpha value is -0.980. The van der Waals surface area contributed by atoms with Crippen LogP contribution >= 0.6 is 12.4 Å². The van der Waals surface area contributed by atoms with E-state index in [1.807, 2.05) is 0 Å². The minimum absolute atomic E-state index is 0. The summed E-state index contributed by atoms with van der Waals surface area (Å²) in [6.07, 6.45) is -4.67. The van der Waals surface area contributed by atoms with E-state index in [0.717, 1.165) is 0 Å². The molecule has 0 spiro atoms. The first kappa shape index (κ1) is 14.1. The molecule has 0 aliphatic carbocycles. The summed E-state index contributed by atoms with van der Waals surface area (Å²) in [5, 5.41) is 2.98. The van der Waals surface area contributed by atoms with E-state index >= 15 is 0 Å². The fourth-order valence-electron chi connectivity index (χ4n) is 1.60. The molecular weight excluding hydrogens is 257 g/mol. The van der Waals surface area contributed by atoms with Gasteiger partial charge in [-0.3, -0.25) is 0 Å². The molecule has 1 aromatic rings. The molecular formula is C10H12ClF3N2O. The third-order valence-electron chi connectivity index (χ3n) is 2.52. The molecule has 7 heteroatoms. The van der Waals surface area contributed by atoms with E-state index < -0.39 is 11.9 Å². The zero-order valence-corrected chi connectivity index (χ0v) is 9.57. The van der Waals surface area contributed by atoms with E-state index in [1.165, 1.54) is 18.2 Å². The molecule has 0 bridgehead atoms. The summed E-state index contributed by atoms with van der Waals surface area (Å²) in [7, 11) is 0. The first-order valence-corrected chi connectivity index (χ1v) is 4.75. The molecule has 0 radical (unpaired) electrons. The molecule has 1 aromatic carbocycles. The van der Waals surface area contributed by atoms with Crippen molar-refractivity contribution in [2.75, 3.05) is 13.1 Å². The van der Waals surface area contributed by atoms with Crippen LogP contribution in [0.1, 0.15) is 5.56 Å². The number of nitrogens with one attached hydrogen (secondary N) is 1. The Morgan fingerprint density at radius 1 is 1.29 bits per heavy atom. The molecule has 1 saturated heterocycles. The average Bonchev–Trinajstić information content (AvgIpc) is 2.12. The van der Waals surface area contributed by atoms with E-state index in [9.17, 15) is 13.2 Å². The van der Waals surface area contributed by atoms with Crippen molar-refractivity contribution in [2.45, 2.75) is 11.9 Å². The highest BCUT2D eigenvalue weighted by Gasteiger charge is 2.35. The van der Waals surface area contributed by atoms with Crippen molar-refractivity contribution in [3.63, 3.8) is 0 Å². The van der Waals surface area contributed by atoms with Gasteiger partial charge in [0.15, 0.2) is 0 Å². The van der Waals surface area contributed by atoms with E-state index in [-0.39, 0.29) is 18.2 Å². The largest absolute Gasteiger partial charge is 0.573 e. The molecule has 1 aliphatic rings. The van der Waals surface area contributed by atoms with Crippen molar-refractivity contribution < 1.29 is 17.9 Å². The maximum absolute atomic E-state index is 12.0. The summed E-state index contributed by atoms with van der Waals surface area (Å²) >= 11 is 0. The summed E-state index contributed by atoms with van der Waals surface area (Å²) in [4.78, 5) is 0. The van der Waals surface area contributed by atoms with Gasteiger partial charge in [-0.25, -0.2) is 0 Å². The van der Waals surface area contributed by atoms with Crippen LogP contribution in [0.15, 0.2) is 24.3 Å². The highest BCUT2D eigenvalue weighted by atomic mass is 35.5. The van der Waals surface area contributed by atoms with Crippen molar-refractivity contribution >= 4 is 12.4 Å². The number of alkyl halides is 3. The first-order chi connectivity index (χ1) is 7.39. The molecule has 0 atom stereocenters. The molecule has 3 N–H and O–H groups in total. The van der Waals surface area contributed by atoms with Gasteiger partial charge in [0.25, 0.3) is 0 Å². The summed E-state index contributed by atoms with van der Waals surface area (Å²) in [6, 6.07) is 5.79. The molecule has 2 rings (SSSR count). The Morgan fingerprint density at radius 2 is 1.94 bits per heavy atom. The van der Waals surface area contributed by atoms with Crippen LogP contribution in [0, 0.1) is 0 Å². The zero-order chi connectivity index (χ0) is 11.8. The van der Waals surface area contributed by atoms with Crippen molar-refractivity contribution in [3.05, 3.63) is 29.8 Å². The Kier molecular flexibility index (Phi) is 3.91. The zero-order valence-electron chi connectivity index (χ0n) is 8.75. The van der Waals surface area contributed by atoms with Gasteiger partial charge in [-0.05, 0) is 17.7 Å². The molecule has 0 aromatic heterocycles. The Labute approximate surface area is 103 Å². The highest BCUT2D eigenvalue weighted by molar-refractivity contribution is 5.85. The second-order valence-electron chi connectivity index (χ2n) is 3.84. The van der Waals surface area contributed by atoms with E-state index in [2.05, 4.69) is 10.1 Å². The Balaban J connectivity index is 0.00000144. The number of rotatable bonds is 2. The van der Waals surface area contributed by atoms with Gasteiger partial charge < -0.3 is 15.8 Å². The third-order valence-corrected chi connectivity index (χ3v) is 2.52. The van der Waals surface area contributed by atoms with Gasteiger partial charge in [-0.1, -0.05) is 12.1 Å². The normalized spacial score (nSPS) is 17.9. The summed E-state index contributed by atoms with van der Waals surface area (Å²) in [5.74, 6) is -0.235. The highest BCUT2D eigenvalue weighted by Crippen LogP contribution is 2.28. The van der Waals surface area contributed by atoms with Crippen LogP contribution in [-0.2, 0) is 5.54 Å². The predicted octanol–water partition coefficient (Wildman–Crippen LogP) is 1.76. The van der Waals surface area contributed by atoms with Gasteiger partial charge in [0, 0.05) is 13.1 Å². The minimum atomic E-state index is -4.67. The van der Waals surface area contributed by atoms with Gasteiger partial charge in [-0.15, -0.1) is 25.6 Å². The number of hydrogen-bond acceptors (Lipinski definition) is 3. The summed E-state index contributed by atoms with van der Waals surface area (Å²) < 4.78 is 39.8. The van der Waals surface area contributed by atoms with Gasteiger partial charge in [0.05, 0.1) is 5.54 Å². The maximum atomic E-state index is 12.0. The SMILES string of the molecule is Cl.NC1(c2cccc(OC(F)(F)F)c2)CNC1. The average molecular weight is 269 g/mol. The minimum Gasteiger partial charge on any atom is -0.406 e. The number of hydrogen-bond donors (Lipinski definition) is 2. The van der Waals surface area contributed by atoms with Crippen LogP contribution in [-0.4, -0.2) is 19.5 Å². The van der Waals surface area contributed by atoms with Crippen LogP contribution in [0.3, 0.4) is 0 Å². The van der Waals surface area contributed by atoms with Gasteiger partial charge in [0.1, 0.15) is 5.75 Å².